The van der Waals surface area contributed by atoms with Crippen LogP contribution >= 0.6 is 0 Å². The van der Waals surface area contributed by atoms with Crippen LogP contribution in [-0.2, 0) is 6.54 Å². The molecule has 0 aliphatic carbocycles. The van der Waals surface area contributed by atoms with E-state index >= 15 is 0 Å². The Labute approximate surface area is 234 Å². The Morgan fingerprint density at radius 2 is 1.63 bits per heavy atom. The van der Waals surface area contributed by atoms with Crippen molar-refractivity contribution >= 4 is 5.91 Å². The van der Waals surface area contributed by atoms with Gasteiger partial charge in [0.1, 0.15) is 0 Å². The van der Waals surface area contributed by atoms with Crippen LogP contribution in [-0.4, -0.2) is 56.7 Å². The molecule has 41 heavy (non-hydrogen) atoms. The lowest BCUT2D eigenvalue weighted by atomic mass is 10.1. The van der Waals surface area contributed by atoms with E-state index in [0.29, 0.717) is 29.1 Å². The third-order valence-corrected chi connectivity index (χ3v) is 6.96. The minimum atomic E-state index is -1.57. The van der Waals surface area contributed by atoms with Crippen LogP contribution in [0.3, 0.4) is 0 Å². The third kappa shape index (κ3) is 7.04. The number of aromatic nitrogens is 4. The second kappa shape index (κ2) is 12.9. The maximum atomic E-state index is 13.7. The first-order chi connectivity index (χ1) is 19.9. The van der Waals surface area contributed by atoms with Gasteiger partial charge in [-0.05, 0) is 75.1 Å². The number of rotatable bonds is 10. The normalized spacial score (nSPS) is 13.4. The van der Waals surface area contributed by atoms with Gasteiger partial charge in [0.15, 0.2) is 23.3 Å². The number of hydrogen-bond donors (Lipinski definition) is 1. The molecular formula is C30H29F3N6O2. The Balaban J connectivity index is 1.22. The summed E-state index contributed by atoms with van der Waals surface area (Å²) in [6, 6.07) is 11.3. The molecule has 1 aliphatic rings. The second-order valence-corrected chi connectivity index (χ2v) is 9.98. The maximum Gasteiger partial charge on any atom is 0.267 e. The van der Waals surface area contributed by atoms with E-state index in [1.807, 2.05) is 0 Å². The summed E-state index contributed by atoms with van der Waals surface area (Å²) in [5, 5.41) is 7.12. The molecule has 2 aromatic heterocycles. The number of amides is 1. The average molecular weight is 563 g/mol. The van der Waals surface area contributed by atoms with Crippen LogP contribution in [0.5, 0.6) is 0 Å². The smallest absolute Gasteiger partial charge is 0.267 e. The van der Waals surface area contributed by atoms with Gasteiger partial charge in [0.05, 0.1) is 17.8 Å². The fourth-order valence-corrected chi connectivity index (χ4v) is 4.77. The molecule has 1 aliphatic heterocycles. The molecule has 212 valence electrons. The maximum absolute atomic E-state index is 13.7. The molecule has 0 radical (unpaired) electrons. The molecule has 0 saturated carbocycles. The van der Waals surface area contributed by atoms with E-state index in [1.165, 1.54) is 50.5 Å². The molecule has 1 amide bonds. The zero-order chi connectivity index (χ0) is 28.8. The first kappa shape index (κ1) is 28.2. The summed E-state index contributed by atoms with van der Waals surface area (Å²) in [5.74, 6) is -4.08. The molecule has 5 rings (SSSR count). The fraction of sp³-hybridized carbons (Fsp3) is 0.300. The monoisotopic (exact) mass is 562 g/mol. The van der Waals surface area contributed by atoms with E-state index in [-0.39, 0.29) is 23.7 Å². The van der Waals surface area contributed by atoms with Crippen molar-refractivity contribution < 1.29 is 18.0 Å². The van der Waals surface area contributed by atoms with E-state index in [2.05, 4.69) is 25.3 Å². The Kier molecular flexibility index (Phi) is 8.83. The zero-order valence-corrected chi connectivity index (χ0v) is 22.3. The quantitative estimate of drug-likeness (QED) is 0.227. The second-order valence-electron chi connectivity index (χ2n) is 9.98. The number of hydrogen-bond acceptors (Lipinski definition) is 6. The number of halogens is 3. The van der Waals surface area contributed by atoms with Crippen LogP contribution in [0.1, 0.15) is 41.6 Å². The van der Waals surface area contributed by atoms with Crippen LogP contribution in [0.2, 0.25) is 0 Å². The lowest BCUT2D eigenvalue weighted by molar-refractivity contribution is 0.0952. The van der Waals surface area contributed by atoms with Gasteiger partial charge in [0.25, 0.3) is 11.5 Å². The Morgan fingerprint density at radius 3 is 2.37 bits per heavy atom. The molecule has 0 bridgehead atoms. The highest BCUT2D eigenvalue weighted by Gasteiger charge is 2.14. The van der Waals surface area contributed by atoms with E-state index < -0.39 is 23.0 Å². The summed E-state index contributed by atoms with van der Waals surface area (Å²) in [6.45, 7) is 4.06. The van der Waals surface area contributed by atoms with Crippen molar-refractivity contribution in [3.8, 4) is 22.6 Å². The van der Waals surface area contributed by atoms with Gasteiger partial charge >= 0.3 is 0 Å². The van der Waals surface area contributed by atoms with Crippen LogP contribution < -0.4 is 10.9 Å². The van der Waals surface area contributed by atoms with Gasteiger partial charge in [-0.25, -0.2) is 27.8 Å². The lowest BCUT2D eigenvalue weighted by Gasteiger charge is -2.14. The highest BCUT2D eigenvalue weighted by atomic mass is 19.2. The summed E-state index contributed by atoms with van der Waals surface area (Å²) in [4.78, 5) is 36.1. The summed E-state index contributed by atoms with van der Waals surface area (Å²) in [5.41, 5.74) is 1.43. The predicted octanol–water partition coefficient (Wildman–Crippen LogP) is 4.44. The molecule has 0 spiro atoms. The van der Waals surface area contributed by atoms with Crippen LogP contribution in [0.15, 0.2) is 65.7 Å². The summed E-state index contributed by atoms with van der Waals surface area (Å²) in [6.07, 6.45) is 7.45. The third-order valence-electron chi connectivity index (χ3n) is 6.96. The van der Waals surface area contributed by atoms with Crippen LogP contribution in [0.25, 0.3) is 22.6 Å². The van der Waals surface area contributed by atoms with Crippen molar-refractivity contribution in [3.05, 3.63) is 99.9 Å². The number of unbranched alkanes of at least 4 members (excludes halogenated alkanes) is 1. The van der Waals surface area contributed by atoms with E-state index in [0.717, 1.165) is 36.2 Å². The van der Waals surface area contributed by atoms with Crippen LogP contribution in [0, 0.1) is 17.5 Å². The molecular weight excluding hydrogens is 533 g/mol. The summed E-state index contributed by atoms with van der Waals surface area (Å²) < 4.78 is 41.9. The van der Waals surface area contributed by atoms with Crippen molar-refractivity contribution in [1.29, 1.82) is 0 Å². The van der Waals surface area contributed by atoms with Gasteiger partial charge in [-0.15, -0.1) is 0 Å². The Bertz CT molecular complexity index is 1560. The SMILES string of the molecule is O=C(NCCCCN1CCCC1)c1cnc(-c2cccc(Cn3nc(-c4cc(F)c(F)c(F)c4)ccc3=O)c2)nc1. The molecule has 1 fully saturated rings. The van der Waals surface area contributed by atoms with E-state index in [4.69, 9.17) is 0 Å². The molecule has 2 aromatic carbocycles. The number of nitrogens with zero attached hydrogens (tertiary/aromatic N) is 5. The zero-order valence-electron chi connectivity index (χ0n) is 22.3. The topological polar surface area (TPSA) is 93.0 Å². The van der Waals surface area contributed by atoms with Gasteiger partial charge in [0, 0.05) is 36.1 Å². The molecule has 8 nitrogen and oxygen atoms in total. The molecule has 0 unspecified atom stereocenters. The number of likely N-dealkylation sites (tertiary alicyclic amines) is 1. The number of carbonyl (C=O) groups excluding carboxylic acids is 1. The van der Waals surface area contributed by atoms with Crippen molar-refractivity contribution in [3.63, 3.8) is 0 Å². The van der Waals surface area contributed by atoms with Crippen molar-refractivity contribution in [2.75, 3.05) is 26.2 Å². The number of carbonyl (C=O) groups is 1. The van der Waals surface area contributed by atoms with Gasteiger partial charge in [0.2, 0.25) is 0 Å². The standard InChI is InChI=1S/C30H29F3N6O2/c31-24-15-22(16-25(32)28(24)33)26-8-9-27(40)39(37-26)19-20-6-5-7-21(14-20)29-35-17-23(18-36-29)30(41)34-10-1-2-11-38-12-3-4-13-38/h5-9,14-18H,1-4,10-13,19H2,(H,34,41). The first-order valence-corrected chi connectivity index (χ1v) is 13.5. The van der Waals surface area contributed by atoms with E-state index in [9.17, 15) is 22.8 Å². The summed E-state index contributed by atoms with van der Waals surface area (Å²) in [7, 11) is 0. The Morgan fingerprint density at radius 1 is 0.902 bits per heavy atom. The first-order valence-electron chi connectivity index (χ1n) is 13.5. The molecule has 11 heteroatoms. The lowest BCUT2D eigenvalue weighted by Crippen LogP contribution is -2.26. The molecule has 0 atom stereocenters. The Hall–Kier alpha value is -4.38. The minimum Gasteiger partial charge on any atom is -0.352 e. The largest absolute Gasteiger partial charge is 0.352 e. The predicted molar refractivity (Wildman–Crippen MR) is 148 cm³/mol. The van der Waals surface area contributed by atoms with Crippen molar-refractivity contribution in [1.82, 2.24) is 30.0 Å². The summed E-state index contributed by atoms with van der Waals surface area (Å²) >= 11 is 0. The fourth-order valence-electron chi connectivity index (χ4n) is 4.77. The van der Waals surface area contributed by atoms with Gasteiger partial charge in [-0.2, -0.15) is 5.10 Å². The molecule has 1 N–H and O–H groups in total. The van der Waals surface area contributed by atoms with Crippen molar-refractivity contribution in [2.24, 2.45) is 0 Å². The van der Waals surface area contributed by atoms with Gasteiger partial charge < -0.3 is 10.2 Å². The molecule has 3 heterocycles. The molecule has 1 saturated heterocycles. The minimum absolute atomic E-state index is 0.00325. The van der Waals surface area contributed by atoms with E-state index in [1.54, 1.807) is 24.3 Å². The van der Waals surface area contributed by atoms with Gasteiger partial charge in [-0.3, -0.25) is 9.59 Å². The van der Waals surface area contributed by atoms with Crippen molar-refractivity contribution in [2.45, 2.75) is 32.2 Å². The number of benzene rings is 2. The average Bonchev–Trinajstić information content (AvgIpc) is 3.50. The molecule has 4 aromatic rings. The van der Waals surface area contributed by atoms with Crippen LogP contribution in [0.4, 0.5) is 13.2 Å². The van der Waals surface area contributed by atoms with Gasteiger partial charge in [-0.1, -0.05) is 18.2 Å². The highest BCUT2D eigenvalue weighted by Crippen LogP contribution is 2.22. The highest BCUT2D eigenvalue weighted by molar-refractivity contribution is 5.93. The number of nitrogens with one attached hydrogen (secondary N) is 1.